The van der Waals surface area contributed by atoms with E-state index in [1.807, 2.05) is 0 Å². The number of nitrogens with zero attached hydrogens (tertiary/aromatic N) is 1. The van der Waals surface area contributed by atoms with E-state index in [2.05, 4.69) is 27.8 Å². The summed E-state index contributed by atoms with van der Waals surface area (Å²) in [6.07, 6.45) is 8.08. The first kappa shape index (κ1) is 20.8. The highest BCUT2D eigenvalue weighted by atomic mass is 16.5. The third kappa shape index (κ3) is 5.78. The van der Waals surface area contributed by atoms with Crippen molar-refractivity contribution in [1.82, 2.24) is 20.8 Å². The Balaban J connectivity index is 1.54. The Morgan fingerprint density at radius 3 is 2.82 bits per heavy atom. The molecule has 1 aromatic rings. The molecular weight excluding hydrogens is 360 g/mol. The first-order valence-electron chi connectivity index (χ1n) is 10.4. The van der Waals surface area contributed by atoms with Crippen molar-refractivity contribution < 1.29 is 19.1 Å². The Kier molecular flexibility index (Phi) is 7.85. The van der Waals surface area contributed by atoms with E-state index < -0.39 is 0 Å². The molecule has 0 unspecified atom stereocenters. The maximum atomic E-state index is 12.7. The van der Waals surface area contributed by atoms with Crippen LogP contribution in [-0.2, 0) is 14.3 Å². The minimum absolute atomic E-state index is 0.0599. The zero-order chi connectivity index (χ0) is 19.8. The van der Waals surface area contributed by atoms with Crippen LogP contribution in [0, 0.1) is 11.8 Å². The number of nitrogens with one attached hydrogen (secondary N) is 3. The predicted molar refractivity (Wildman–Crippen MR) is 104 cm³/mol. The summed E-state index contributed by atoms with van der Waals surface area (Å²) in [5.74, 6) is 0.296. The highest BCUT2D eigenvalue weighted by Crippen LogP contribution is 2.28. The Morgan fingerprint density at radius 1 is 1.29 bits per heavy atom. The van der Waals surface area contributed by atoms with Crippen LogP contribution in [0.3, 0.4) is 0 Å². The molecule has 1 aliphatic carbocycles. The molecule has 2 amide bonds. The zero-order valence-corrected chi connectivity index (χ0v) is 16.6. The van der Waals surface area contributed by atoms with Gasteiger partial charge in [0.05, 0.1) is 23.9 Å². The standard InChI is InChI=1S/C20H32N4O4/c1-2-7-28-18-4-3-15(19(25)21-11-14-5-8-27-9-6-14)10-17(18)24-20(26)16-12-22-23-13-16/h12-15,17-18H,2-11H2,1H3,(H,21,25)(H,22,23)(H,24,26)/t15-,17+,18+/m0/s1. The van der Waals surface area contributed by atoms with Gasteiger partial charge in [-0.2, -0.15) is 5.10 Å². The number of hydrogen-bond donors (Lipinski definition) is 3. The number of ether oxygens (including phenoxy) is 2. The van der Waals surface area contributed by atoms with Crippen LogP contribution in [0.25, 0.3) is 0 Å². The van der Waals surface area contributed by atoms with Gasteiger partial charge in [-0.25, -0.2) is 0 Å². The Labute approximate surface area is 166 Å². The molecule has 156 valence electrons. The molecule has 0 bridgehead atoms. The van der Waals surface area contributed by atoms with Crippen molar-refractivity contribution in [2.75, 3.05) is 26.4 Å². The van der Waals surface area contributed by atoms with Gasteiger partial charge >= 0.3 is 0 Å². The molecule has 1 aliphatic heterocycles. The van der Waals surface area contributed by atoms with Crippen molar-refractivity contribution in [3.05, 3.63) is 18.0 Å². The van der Waals surface area contributed by atoms with E-state index >= 15 is 0 Å². The van der Waals surface area contributed by atoms with E-state index in [1.54, 1.807) is 6.20 Å². The Bertz CT molecular complexity index is 616. The van der Waals surface area contributed by atoms with Gasteiger partial charge in [0.15, 0.2) is 0 Å². The van der Waals surface area contributed by atoms with Gasteiger partial charge in [0, 0.05) is 38.5 Å². The summed E-state index contributed by atoms with van der Waals surface area (Å²) < 4.78 is 11.3. The van der Waals surface area contributed by atoms with Crippen LogP contribution in [0.5, 0.6) is 0 Å². The van der Waals surface area contributed by atoms with Crippen LogP contribution in [0.2, 0.25) is 0 Å². The third-order valence-electron chi connectivity index (χ3n) is 5.68. The van der Waals surface area contributed by atoms with Crippen molar-refractivity contribution in [3.8, 4) is 0 Å². The molecule has 28 heavy (non-hydrogen) atoms. The lowest BCUT2D eigenvalue weighted by molar-refractivity contribution is -0.128. The summed E-state index contributed by atoms with van der Waals surface area (Å²) >= 11 is 0. The summed E-state index contributed by atoms with van der Waals surface area (Å²) in [5, 5.41) is 12.6. The number of aromatic amines is 1. The van der Waals surface area contributed by atoms with Gasteiger partial charge in [-0.3, -0.25) is 14.7 Å². The van der Waals surface area contributed by atoms with E-state index in [9.17, 15) is 9.59 Å². The number of H-pyrrole nitrogens is 1. The second kappa shape index (κ2) is 10.6. The van der Waals surface area contributed by atoms with Gasteiger partial charge in [-0.15, -0.1) is 0 Å². The number of carbonyl (C=O) groups is 2. The van der Waals surface area contributed by atoms with E-state index in [4.69, 9.17) is 9.47 Å². The second-order valence-corrected chi connectivity index (χ2v) is 7.79. The first-order valence-corrected chi connectivity index (χ1v) is 10.4. The average molecular weight is 392 g/mol. The summed E-state index contributed by atoms with van der Waals surface area (Å²) in [4.78, 5) is 25.2. The van der Waals surface area contributed by atoms with Crippen molar-refractivity contribution in [2.24, 2.45) is 11.8 Å². The summed E-state index contributed by atoms with van der Waals surface area (Å²) in [5.41, 5.74) is 0.486. The number of amides is 2. The molecule has 3 rings (SSSR count). The van der Waals surface area contributed by atoms with Gasteiger partial charge in [0.1, 0.15) is 0 Å². The number of carbonyl (C=O) groups excluding carboxylic acids is 2. The number of aromatic nitrogens is 2. The number of rotatable bonds is 8. The van der Waals surface area contributed by atoms with Gasteiger partial charge < -0.3 is 20.1 Å². The SMILES string of the molecule is CCCO[C@@H]1CC[C@H](C(=O)NCC2CCOCC2)C[C@H]1NC(=O)c1cn[nH]c1. The van der Waals surface area contributed by atoms with Crippen LogP contribution in [0.1, 0.15) is 55.8 Å². The lowest BCUT2D eigenvalue weighted by Crippen LogP contribution is -2.50. The maximum absolute atomic E-state index is 12.7. The maximum Gasteiger partial charge on any atom is 0.254 e. The molecule has 2 heterocycles. The summed E-state index contributed by atoms with van der Waals surface area (Å²) in [6, 6.07) is -0.179. The molecule has 2 fully saturated rings. The molecule has 0 spiro atoms. The highest BCUT2D eigenvalue weighted by Gasteiger charge is 2.35. The molecule has 8 heteroatoms. The van der Waals surface area contributed by atoms with Crippen LogP contribution in [0.15, 0.2) is 12.4 Å². The Morgan fingerprint density at radius 2 is 2.11 bits per heavy atom. The minimum atomic E-state index is -0.188. The smallest absolute Gasteiger partial charge is 0.254 e. The van der Waals surface area contributed by atoms with Crippen molar-refractivity contribution >= 4 is 11.8 Å². The largest absolute Gasteiger partial charge is 0.381 e. The average Bonchev–Trinajstić information content (AvgIpc) is 3.27. The van der Waals surface area contributed by atoms with Crippen LogP contribution < -0.4 is 10.6 Å². The summed E-state index contributed by atoms with van der Waals surface area (Å²) in [7, 11) is 0. The fourth-order valence-corrected chi connectivity index (χ4v) is 3.97. The molecule has 1 saturated carbocycles. The molecule has 2 aliphatic rings. The minimum Gasteiger partial charge on any atom is -0.381 e. The molecule has 0 radical (unpaired) electrons. The first-order chi connectivity index (χ1) is 13.7. The van der Waals surface area contributed by atoms with Gasteiger partial charge in [-0.05, 0) is 44.4 Å². The van der Waals surface area contributed by atoms with Gasteiger partial charge in [-0.1, -0.05) is 6.92 Å². The molecule has 1 saturated heterocycles. The van der Waals surface area contributed by atoms with E-state index in [0.717, 1.165) is 45.3 Å². The molecule has 0 aromatic carbocycles. The number of hydrogen-bond acceptors (Lipinski definition) is 5. The molecule has 8 nitrogen and oxygen atoms in total. The molecular formula is C20H32N4O4. The molecule has 3 atom stereocenters. The monoisotopic (exact) mass is 392 g/mol. The van der Waals surface area contributed by atoms with Crippen molar-refractivity contribution in [1.29, 1.82) is 0 Å². The second-order valence-electron chi connectivity index (χ2n) is 7.79. The molecule has 1 aromatic heterocycles. The van der Waals surface area contributed by atoms with Gasteiger partial charge in [0.2, 0.25) is 5.91 Å². The van der Waals surface area contributed by atoms with Crippen molar-refractivity contribution in [3.63, 3.8) is 0 Å². The van der Waals surface area contributed by atoms with Crippen molar-refractivity contribution in [2.45, 2.75) is 57.6 Å². The zero-order valence-electron chi connectivity index (χ0n) is 16.6. The highest BCUT2D eigenvalue weighted by molar-refractivity contribution is 5.93. The van der Waals surface area contributed by atoms with Crippen LogP contribution >= 0.6 is 0 Å². The topological polar surface area (TPSA) is 105 Å². The third-order valence-corrected chi connectivity index (χ3v) is 5.68. The Hall–Kier alpha value is -1.93. The van der Waals surface area contributed by atoms with Crippen LogP contribution in [-0.4, -0.2) is 60.5 Å². The normalized spacial score (nSPS) is 26.0. The summed E-state index contributed by atoms with van der Waals surface area (Å²) in [6.45, 7) is 4.99. The van der Waals surface area contributed by atoms with E-state index in [0.29, 0.717) is 31.1 Å². The van der Waals surface area contributed by atoms with E-state index in [-0.39, 0.29) is 29.9 Å². The predicted octanol–water partition coefficient (Wildman–Crippen LogP) is 1.65. The fourth-order valence-electron chi connectivity index (χ4n) is 3.97. The van der Waals surface area contributed by atoms with Gasteiger partial charge in [0.25, 0.3) is 5.91 Å². The quantitative estimate of drug-likeness (QED) is 0.624. The lowest BCUT2D eigenvalue weighted by Gasteiger charge is -2.36. The van der Waals surface area contributed by atoms with Crippen LogP contribution in [0.4, 0.5) is 0 Å². The lowest BCUT2D eigenvalue weighted by atomic mass is 9.82. The fraction of sp³-hybridized carbons (Fsp3) is 0.750. The van der Waals surface area contributed by atoms with E-state index in [1.165, 1.54) is 6.20 Å². The molecule has 3 N–H and O–H groups in total.